The van der Waals surface area contributed by atoms with Crippen molar-refractivity contribution in [1.29, 1.82) is 0 Å². The number of nitrogens with zero attached hydrogens (tertiary/aromatic N) is 1. The maximum absolute atomic E-state index is 12.9. The lowest BCUT2D eigenvalue weighted by molar-refractivity contribution is -0.121. The number of aliphatic hydroxyl groups is 1. The molecule has 1 fully saturated rings. The van der Waals surface area contributed by atoms with Crippen LogP contribution in [0, 0.1) is 0 Å². The second kappa shape index (κ2) is 12.2. The molecule has 0 bridgehead atoms. The van der Waals surface area contributed by atoms with Crippen molar-refractivity contribution < 1.29 is 19.4 Å². The van der Waals surface area contributed by atoms with Crippen LogP contribution in [0.25, 0.3) is 0 Å². The Kier molecular flexibility index (Phi) is 9.11. The van der Waals surface area contributed by atoms with Gasteiger partial charge in [-0.25, -0.2) is 4.79 Å². The van der Waals surface area contributed by atoms with Gasteiger partial charge in [-0.15, -0.1) is 0 Å². The summed E-state index contributed by atoms with van der Waals surface area (Å²) in [7, 11) is 0. The van der Waals surface area contributed by atoms with Crippen LogP contribution in [-0.2, 0) is 16.0 Å². The zero-order chi connectivity index (χ0) is 22.8. The molecule has 1 aliphatic heterocycles. The molecule has 6 heteroatoms. The third kappa shape index (κ3) is 6.57. The fourth-order valence-electron chi connectivity index (χ4n) is 4.21. The summed E-state index contributed by atoms with van der Waals surface area (Å²) in [5.74, 6) is -0.514. The van der Waals surface area contributed by atoms with E-state index in [1.165, 1.54) is 30.5 Å². The highest BCUT2D eigenvalue weighted by molar-refractivity contribution is 5.89. The zero-order valence-corrected chi connectivity index (χ0v) is 18.9. The molecule has 1 saturated heterocycles. The molecule has 1 heterocycles. The number of aliphatic hydroxyl groups excluding tert-OH is 1. The Labute approximate surface area is 190 Å². The van der Waals surface area contributed by atoms with Crippen molar-refractivity contribution in [1.82, 2.24) is 5.32 Å². The molecule has 172 valence electrons. The number of piperidine rings is 1. The maximum Gasteiger partial charge on any atom is 0.338 e. The molecule has 0 aliphatic carbocycles. The van der Waals surface area contributed by atoms with Gasteiger partial charge in [-0.05, 0) is 55.0 Å². The number of hydrogen-bond acceptors (Lipinski definition) is 5. The van der Waals surface area contributed by atoms with Gasteiger partial charge in [0.2, 0.25) is 5.91 Å². The summed E-state index contributed by atoms with van der Waals surface area (Å²) in [5, 5.41) is 12.0. The third-order valence-electron chi connectivity index (χ3n) is 5.80. The van der Waals surface area contributed by atoms with Gasteiger partial charge in [-0.3, -0.25) is 4.79 Å². The second-order valence-corrected chi connectivity index (χ2v) is 8.25. The van der Waals surface area contributed by atoms with Crippen LogP contribution in [0.4, 0.5) is 5.69 Å². The van der Waals surface area contributed by atoms with E-state index in [1.807, 2.05) is 6.07 Å². The van der Waals surface area contributed by atoms with Crippen LogP contribution in [-0.4, -0.2) is 43.3 Å². The van der Waals surface area contributed by atoms with E-state index in [9.17, 15) is 9.59 Å². The van der Waals surface area contributed by atoms with Gasteiger partial charge < -0.3 is 20.1 Å². The normalized spacial score (nSPS) is 14.6. The Morgan fingerprint density at radius 3 is 2.47 bits per heavy atom. The molecule has 0 spiro atoms. The summed E-state index contributed by atoms with van der Waals surface area (Å²) in [6, 6.07) is 15.2. The summed E-state index contributed by atoms with van der Waals surface area (Å²) in [4.78, 5) is 27.2. The second-order valence-electron chi connectivity index (χ2n) is 8.25. The predicted molar refractivity (Wildman–Crippen MR) is 126 cm³/mol. The number of esters is 1. The molecular weight excluding hydrogens is 404 g/mol. The molecule has 2 aromatic carbocycles. The first-order valence-corrected chi connectivity index (χ1v) is 11.6. The fourth-order valence-corrected chi connectivity index (χ4v) is 4.21. The lowest BCUT2D eigenvalue weighted by Crippen LogP contribution is -2.34. The highest BCUT2D eigenvalue weighted by Crippen LogP contribution is 2.31. The van der Waals surface area contributed by atoms with Crippen LogP contribution in [0.15, 0.2) is 48.5 Å². The molecule has 0 aromatic heterocycles. The quantitative estimate of drug-likeness (QED) is 0.548. The molecule has 1 amide bonds. The predicted octanol–water partition coefficient (Wildman–Crippen LogP) is 4.03. The molecule has 6 nitrogen and oxygen atoms in total. The third-order valence-corrected chi connectivity index (χ3v) is 5.80. The average molecular weight is 439 g/mol. The Morgan fingerprint density at radius 2 is 1.78 bits per heavy atom. The van der Waals surface area contributed by atoms with Crippen molar-refractivity contribution in [3.63, 3.8) is 0 Å². The molecule has 2 N–H and O–H groups in total. The molecule has 3 rings (SSSR count). The number of ether oxygens (including phenoxy) is 1. The van der Waals surface area contributed by atoms with Gasteiger partial charge in [-0.2, -0.15) is 0 Å². The van der Waals surface area contributed by atoms with E-state index in [-0.39, 0.29) is 31.6 Å². The number of nitrogens with one attached hydrogen (secondary N) is 1. The minimum Gasteiger partial charge on any atom is -0.460 e. The first kappa shape index (κ1) is 23.8. The first-order valence-electron chi connectivity index (χ1n) is 11.6. The molecule has 1 unspecified atom stereocenters. The molecular formula is C26H34N2O4. The SMILES string of the molecule is CCCC(NC(=O)Cc1ccc(C(=O)OCCO)cc1)c1ccccc1N1CCCCC1. The molecule has 1 aliphatic rings. The van der Waals surface area contributed by atoms with Gasteiger partial charge in [0.15, 0.2) is 0 Å². The monoisotopic (exact) mass is 438 g/mol. The van der Waals surface area contributed by atoms with Crippen molar-refractivity contribution >= 4 is 17.6 Å². The van der Waals surface area contributed by atoms with Gasteiger partial charge in [0.25, 0.3) is 0 Å². The van der Waals surface area contributed by atoms with E-state index in [0.29, 0.717) is 5.56 Å². The smallest absolute Gasteiger partial charge is 0.338 e. The highest BCUT2D eigenvalue weighted by atomic mass is 16.5. The van der Waals surface area contributed by atoms with Crippen LogP contribution in [0.2, 0.25) is 0 Å². The minimum atomic E-state index is -0.479. The summed E-state index contributed by atoms with van der Waals surface area (Å²) in [5.41, 5.74) is 3.66. The summed E-state index contributed by atoms with van der Waals surface area (Å²) >= 11 is 0. The highest BCUT2D eigenvalue weighted by Gasteiger charge is 2.21. The Hall–Kier alpha value is -2.86. The molecule has 2 aromatic rings. The van der Waals surface area contributed by atoms with Crippen molar-refractivity contribution in [2.24, 2.45) is 0 Å². The van der Waals surface area contributed by atoms with Crippen LogP contribution in [0.3, 0.4) is 0 Å². The standard InChI is InChI=1S/C26H34N2O4/c1-2-8-23(22-9-4-5-10-24(22)28-15-6-3-7-16-28)27-25(30)19-20-11-13-21(14-12-20)26(31)32-18-17-29/h4-5,9-14,23,29H,2-3,6-8,15-19H2,1H3,(H,27,30). The number of benzene rings is 2. The van der Waals surface area contributed by atoms with Gasteiger partial charge in [0.05, 0.1) is 24.6 Å². The van der Waals surface area contributed by atoms with E-state index in [1.54, 1.807) is 24.3 Å². The van der Waals surface area contributed by atoms with Crippen LogP contribution in [0.5, 0.6) is 0 Å². The van der Waals surface area contributed by atoms with E-state index in [0.717, 1.165) is 31.5 Å². The average Bonchev–Trinajstić information content (AvgIpc) is 2.83. The van der Waals surface area contributed by atoms with Crippen LogP contribution < -0.4 is 10.2 Å². The molecule has 0 saturated carbocycles. The number of hydrogen-bond donors (Lipinski definition) is 2. The lowest BCUT2D eigenvalue weighted by atomic mass is 9.98. The topological polar surface area (TPSA) is 78.9 Å². The van der Waals surface area contributed by atoms with Crippen LogP contribution >= 0.6 is 0 Å². The van der Waals surface area contributed by atoms with E-state index < -0.39 is 5.97 Å². The van der Waals surface area contributed by atoms with Gasteiger partial charge in [-0.1, -0.05) is 43.7 Å². The Bertz CT molecular complexity index is 876. The molecule has 0 radical (unpaired) electrons. The minimum absolute atomic E-state index is 0.0271. The Balaban J connectivity index is 1.66. The van der Waals surface area contributed by atoms with E-state index in [4.69, 9.17) is 9.84 Å². The summed E-state index contributed by atoms with van der Waals surface area (Å²) in [6.07, 6.45) is 5.81. The number of rotatable bonds is 10. The largest absolute Gasteiger partial charge is 0.460 e. The number of carbonyl (C=O) groups is 2. The van der Waals surface area contributed by atoms with Crippen molar-refractivity contribution in [3.8, 4) is 0 Å². The zero-order valence-electron chi connectivity index (χ0n) is 18.9. The maximum atomic E-state index is 12.9. The van der Waals surface area contributed by atoms with Crippen molar-refractivity contribution in [3.05, 3.63) is 65.2 Å². The van der Waals surface area contributed by atoms with Gasteiger partial charge in [0, 0.05) is 18.8 Å². The van der Waals surface area contributed by atoms with Gasteiger partial charge in [0.1, 0.15) is 6.61 Å². The van der Waals surface area contributed by atoms with E-state index >= 15 is 0 Å². The summed E-state index contributed by atoms with van der Waals surface area (Å²) < 4.78 is 4.92. The Morgan fingerprint density at radius 1 is 1.06 bits per heavy atom. The van der Waals surface area contributed by atoms with Gasteiger partial charge >= 0.3 is 5.97 Å². The lowest BCUT2D eigenvalue weighted by Gasteiger charge is -2.32. The number of carbonyl (C=O) groups excluding carboxylic acids is 2. The first-order chi connectivity index (χ1) is 15.6. The fraction of sp³-hybridized carbons (Fsp3) is 0.462. The van der Waals surface area contributed by atoms with Crippen molar-refractivity contribution in [2.75, 3.05) is 31.2 Å². The summed E-state index contributed by atoms with van der Waals surface area (Å²) in [6.45, 7) is 4.04. The van der Waals surface area contributed by atoms with E-state index in [2.05, 4.69) is 35.3 Å². The van der Waals surface area contributed by atoms with Crippen molar-refractivity contribution in [2.45, 2.75) is 51.5 Å². The molecule has 32 heavy (non-hydrogen) atoms. The number of amides is 1. The molecule has 1 atom stereocenters. The number of anilines is 1. The van der Waals surface area contributed by atoms with Crippen LogP contribution in [0.1, 0.15) is 66.6 Å². The number of para-hydroxylation sites is 1.